The number of fused-ring (bicyclic) bond motifs is 1. The molecule has 16 heavy (non-hydrogen) atoms. The van der Waals surface area contributed by atoms with Crippen LogP contribution in [0.3, 0.4) is 0 Å². The molecule has 2 nitrogen and oxygen atoms in total. The van der Waals surface area contributed by atoms with Crippen molar-refractivity contribution in [1.29, 1.82) is 0 Å². The fourth-order valence-corrected chi connectivity index (χ4v) is 2.98. The Morgan fingerprint density at radius 1 is 1.12 bits per heavy atom. The molecule has 86 valence electrons. The maximum atomic E-state index is 6.37. The van der Waals surface area contributed by atoms with Crippen LogP contribution in [0, 0.1) is 0 Å². The van der Waals surface area contributed by atoms with Gasteiger partial charge in [0, 0.05) is 25.3 Å². The van der Waals surface area contributed by atoms with Crippen molar-refractivity contribution >= 4 is 23.0 Å². The Morgan fingerprint density at radius 2 is 1.94 bits per heavy atom. The van der Waals surface area contributed by atoms with Crippen LogP contribution in [0.2, 0.25) is 5.02 Å². The van der Waals surface area contributed by atoms with Gasteiger partial charge in [0.05, 0.1) is 10.7 Å². The summed E-state index contributed by atoms with van der Waals surface area (Å²) in [5.74, 6) is 0. The Kier molecular flexibility index (Phi) is 2.68. The summed E-state index contributed by atoms with van der Waals surface area (Å²) in [4.78, 5) is 2.40. The minimum Gasteiger partial charge on any atom is -0.385 e. The SMILES string of the molecule is Clc1cc2c(cc1N1CCCC1)NCCC2. The van der Waals surface area contributed by atoms with Gasteiger partial charge in [-0.25, -0.2) is 0 Å². The quantitative estimate of drug-likeness (QED) is 0.805. The summed E-state index contributed by atoms with van der Waals surface area (Å²) in [5.41, 5.74) is 3.88. The van der Waals surface area contributed by atoms with E-state index in [0.29, 0.717) is 0 Å². The minimum atomic E-state index is 0.921. The zero-order valence-electron chi connectivity index (χ0n) is 9.43. The first-order chi connectivity index (χ1) is 7.84. The molecule has 0 aromatic heterocycles. The van der Waals surface area contributed by atoms with Crippen molar-refractivity contribution in [2.24, 2.45) is 0 Å². The third-order valence-electron chi connectivity index (χ3n) is 3.56. The second kappa shape index (κ2) is 4.17. The number of hydrogen-bond donors (Lipinski definition) is 1. The van der Waals surface area contributed by atoms with Crippen LogP contribution in [0.1, 0.15) is 24.8 Å². The number of anilines is 2. The first-order valence-corrected chi connectivity index (χ1v) is 6.53. The van der Waals surface area contributed by atoms with Crippen LogP contribution in [0.4, 0.5) is 11.4 Å². The van der Waals surface area contributed by atoms with Gasteiger partial charge in [0.2, 0.25) is 0 Å². The molecule has 2 heterocycles. The maximum absolute atomic E-state index is 6.37. The third kappa shape index (κ3) is 1.75. The van der Waals surface area contributed by atoms with Crippen LogP contribution in [0.15, 0.2) is 12.1 Å². The molecule has 0 atom stereocenters. The standard InChI is InChI=1S/C13H17ClN2/c14-11-8-10-4-3-5-15-12(10)9-13(11)16-6-1-2-7-16/h8-9,15H,1-7H2. The lowest BCUT2D eigenvalue weighted by molar-refractivity contribution is 0.829. The molecule has 2 aliphatic heterocycles. The number of nitrogens with zero attached hydrogens (tertiary/aromatic N) is 1. The Labute approximate surface area is 102 Å². The van der Waals surface area contributed by atoms with Crippen LogP contribution >= 0.6 is 11.6 Å². The second-order valence-electron chi connectivity index (χ2n) is 4.69. The summed E-state index contributed by atoms with van der Waals surface area (Å²) >= 11 is 6.37. The Bertz CT molecular complexity index is 397. The number of halogens is 1. The third-order valence-corrected chi connectivity index (χ3v) is 3.86. The molecule has 2 aliphatic rings. The lowest BCUT2D eigenvalue weighted by Gasteiger charge is -2.24. The molecule has 0 spiro atoms. The molecule has 0 saturated carbocycles. The Hall–Kier alpha value is -0.890. The van der Waals surface area contributed by atoms with Gasteiger partial charge in [-0.1, -0.05) is 11.6 Å². The molecule has 3 rings (SSSR count). The molecule has 0 bridgehead atoms. The average molecular weight is 237 g/mol. The van der Waals surface area contributed by atoms with Crippen LogP contribution in [-0.4, -0.2) is 19.6 Å². The predicted molar refractivity (Wildman–Crippen MR) is 69.7 cm³/mol. The highest BCUT2D eigenvalue weighted by atomic mass is 35.5. The van der Waals surface area contributed by atoms with E-state index in [0.717, 1.165) is 31.1 Å². The van der Waals surface area contributed by atoms with E-state index in [1.54, 1.807) is 0 Å². The first kappa shape index (κ1) is 10.3. The van der Waals surface area contributed by atoms with Gasteiger partial charge in [-0.05, 0) is 43.4 Å². The van der Waals surface area contributed by atoms with Crippen molar-refractivity contribution in [2.75, 3.05) is 29.9 Å². The summed E-state index contributed by atoms with van der Waals surface area (Å²) < 4.78 is 0. The summed E-state index contributed by atoms with van der Waals surface area (Å²) in [6.07, 6.45) is 4.95. The van der Waals surface area contributed by atoms with Crippen molar-refractivity contribution in [3.8, 4) is 0 Å². The number of hydrogen-bond acceptors (Lipinski definition) is 2. The van der Waals surface area contributed by atoms with Gasteiger partial charge in [0.1, 0.15) is 0 Å². The Morgan fingerprint density at radius 3 is 2.75 bits per heavy atom. The van der Waals surface area contributed by atoms with Crippen LogP contribution in [0.5, 0.6) is 0 Å². The number of nitrogens with one attached hydrogen (secondary N) is 1. The molecule has 0 radical (unpaired) electrons. The highest BCUT2D eigenvalue weighted by molar-refractivity contribution is 6.33. The summed E-state index contributed by atoms with van der Waals surface area (Å²) in [6, 6.07) is 4.39. The predicted octanol–water partition coefficient (Wildman–Crippen LogP) is 3.30. The minimum absolute atomic E-state index is 0.921. The fraction of sp³-hybridized carbons (Fsp3) is 0.538. The van der Waals surface area contributed by atoms with Gasteiger partial charge in [-0.3, -0.25) is 0 Å². The molecule has 1 N–H and O–H groups in total. The monoisotopic (exact) mass is 236 g/mol. The van der Waals surface area contributed by atoms with Gasteiger partial charge in [0.15, 0.2) is 0 Å². The number of rotatable bonds is 1. The Balaban J connectivity index is 1.98. The second-order valence-corrected chi connectivity index (χ2v) is 5.09. The van der Waals surface area contributed by atoms with Gasteiger partial charge in [-0.15, -0.1) is 0 Å². The average Bonchev–Trinajstić information content (AvgIpc) is 2.81. The van der Waals surface area contributed by atoms with E-state index in [4.69, 9.17) is 11.6 Å². The van der Waals surface area contributed by atoms with Crippen LogP contribution in [0.25, 0.3) is 0 Å². The molecule has 1 aromatic rings. The van der Waals surface area contributed by atoms with Gasteiger partial charge < -0.3 is 10.2 Å². The molecule has 1 saturated heterocycles. The van der Waals surface area contributed by atoms with Gasteiger partial charge in [0.25, 0.3) is 0 Å². The van der Waals surface area contributed by atoms with Crippen LogP contribution in [-0.2, 0) is 6.42 Å². The lowest BCUT2D eigenvalue weighted by Crippen LogP contribution is -2.19. The largest absolute Gasteiger partial charge is 0.385 e. The van der Waals surface area contributed by atoms with E-state index < -0.39 is 0 Å². The molecule has 1 fully saturated rings. The smallest absolute Gasteiger partial charge is 0.0643 e. The molecule has 0 aliphatic carbocycles. The zero-order valence-corrected chi connectivity index (χ0v) is 10.2. The van der Waals surface area contributed by atoms with E-state index in [2.05, 4.69) is 22.3 Å². The maximum Gasteiger partial charge on any atom is 0.0643 e. The van der Waals surface area contributed by atoms with E-state index in [1.165, 1.54) is 36.2 Å². The molecular weight excluding hydrogens is 220 g/mol. The zero-order chi connectivity index (χ0) is 11.0. The van der Waals surface area contributed by atoms with Crippen molar-refractivity contribution in [3.05, 3.63) is 22.7 Å². The number of benzene rings is 1. The van der Waals surface area contributed by atoms with Crippen molar-refractivity contribution in [1.82, 2.24) is 0 Å². The summed E-state index contributed by atoms with van der Waals surface area (Å²) in [6.45, 7) is 3.39. The molecular formula is C13H17ClN2. The molecule has 1 aromatic carbocycles. The van der Waals surface area contributed by atoms with Crippen LogP contribution < -0.4 is 10.2 Å². The van der Waals surface area contributed by atoms with E-state index in [-0.39, 0.29) is 0 Å². The van der Waals surface area contributed by atoms with E-state index in [9.17, 15) is 0 Å². The molecule has 0 amide bonds. The summed E-state index contributed by atoms with van der Waals surface area (Å²) in [5, 5.41) is 4.39. The number of aryl methyl sites for hydroxylation is 1. The summed E-state index contributed by atoms with van der Waals surface area (Å²) in [7, 11) is 0. The van der Waals surface area contributed by atoms with E-state index >= 15 is 0 Å². The molecule has 3 heteroatoms. The van der Waals surface area contributed by atoms with Gasteiger partial charge >= 0.3 is 0 Å². The van der Waals surface area contributed by atoms with Crippen molar-refractivity contribution in [3.63, 3.8) is 0 Å². The molecule has 0 unspecified atom stereocenters. The first-order valence-electron chi connectivity index (χ1n) is 6.16. The fourth-order valence-electron chi connectivity index (χ4n) is 2.68. The van der Waals surface area contributed by atoms with Crippen molar-refractivity contribution in [2.45, 2.75) is 25.7 Å². The normalized spacial score (nSPS) is 19.4. The lowest BCUT2D eigenvalue weighted by atomic mass is 10.0. The highest BCUT2D eigenvalue weighted by Crippen LogP contribution is 2.35. The van der Waals surface area contributed by atoms with Gasteiger partial charge in [-0.2, -0.15) is 0 Å². The topological polar surface area (TPSA) is 15.3 Å². The highest BCUT2D eigenvalue weighted by Gasteiger charge is 2.18. The van der Waals surface area contributed by atoms with E-state index in [1.807, 2.05) is 0 Å². The van der Waals surface area contributed by atoms with Crippen molar-refractivity contribution < 1.29 is 0 Å².